The van der Waals surface area contributed by atoms with Crippen molar-refractivity contribution < 1.29 is 13.2 Å². The van der Waals surface area contributed by atoms with Gasteiger partial charge in [-0.2, -0.15) is 0 Å². The van der Waals surface area contributed by atoms with Crippen LogP contribution in [0.2, 0.25) is 0 Å². The molecule has 0 spiro atoms. The van der Waals surface area contributed by atoms with Gasteiger partial charge in [-0.1, -0.05) is 29.8 Å². The monoisotopic (exact) mass is 412 g/mol. The van der Waals surface area contributed by atoms with Crippen molar-refractivity contribution in [1.29, 1.82) is 0 Å². The predicted molar refractivity (Wildman–Crippen MR) is 114 cm³/mol. The minimum atomic E-state index is -3.80. The molecule has 1 fully saturated rings. The van der Waals surface area contributed by atoms with Gasteiger partial charge in [0.05, 0.1) is 28.1 Å². The summed E-state index contributed by atoms with van der Waals surface area (Å²) in [7, 11) is -3.80. The van der Waals surface area contributed by atoms with Gasteiger partial charge in [-0.3, -0.25) is 4.72 Å². The summed E-state index contributed by atoms with van der Waals surface area (Å²) in [6.07, 6.45) is 0.0159. The maximum atomic E-state index is 13.0. The van der Waals surface area contributed by atoms with Gasteiger partial charge in [0.1, 0.15) is 0 Å². The summed E-state index contributed by atoms with van der Waals surface area (Å²) in [6.45, 7) is 7.12. The van der Waals surface area contributed by atoms with Crippen LogP contribution < -0.4 is 9.62 Å². The van der Waals surface area contributed by atoms with E-state index in [0.717, 1.165) is 5.56 Å². The second kappa shape index (κ2) is 7.61. The maximum absolute atomic E-state index is 13.0. The summed E-state index contributed by atoms with van der Waals surface area (Å²) in [4.78, 5) is 11.6. The Hall–Kier alpha value is -2.71. The predicted octanol–water partition coefficient (Wildman–Crippen LogP) is 3.35. The first-order chi connectivity index (χ1) is 13.8. The van der Waals surface area contributed by atoms with Crippen LogP contribution in [0.25, 0.3) is 11.0 Å². The lowest BCUT2D eigenvalue weighted by atomic mass is 10.2. The molecular formula is C21H24N4O3S. The second-order valence-electron chi connectivity index (χ2n) is 7.47. The average Bonchev–Trinajstić information content (AvgIpc) is 2.66. The Kier molecular flexibility index (Phi) is 5.14. The lowest BCUT2D eigenvalue weighted by Crippen LogP contribution is -2.46. The van der Waals surface area contributed by atoms with Crippen LogP contribution >= 0.6 is 0 Å². The Balaban J connectivity index is 1.78. The number of aromatic nitrogens is 2. The number of morpholine rings is 1. The molecule has 29 heavy (non-hydrogen) atoms. The Morgan fingerprint density at radius 2 is 1.55 bits per heavy atom. The third-order valence-electron chi connectivity index (χ3n) is 4.83. The van der Waals surface area contributed by atoms with Gasteiger partial charge >= 0.3 is 0 Å². The number of ether oxygens (including phenoxy) is 1. The SMILES string of the molecule is Cc1ccc(S(=O)(=O)Nc2nc3ccccc3nc2N2C[C@H](C)O[C@@H](C)C2)cc1. The highest BCUT2D eigenvalue weighted by Crippen LogP contribution is 2.29. The molecule has 2 heterocycles. The summed E-state index contributed by atoms with van der Waals surface area (Å²) in [6, 6.07) is 14.2. The number of anilines is 2. The molecule has 1 aromatic heterocycles. The molecule has 152 valence electrons. The number of hydrogen-bond donors (Lipinski definition) is 1. The molecule has 1 aliphatic rings. The van der Waals surface area contributed by atoms with E-state index in [-0.39, 0.29) is 22.9 Å². The van der Waals surface area contributed by atoms with Crippen molar-refractivity contribution in [3.05, 3.63) is 54.1 Å². The molecule has 3 aromatic rings. The van der Waals surface area contributed by atoms with Crippen LogP contribution in [0.5, 0.6) is 0 Å². The summed E-state index contributed by atoms with van der Waals surface area (Å²) >= 11 is 0. The van der Waals surface area contributed by atoms with Crippen LogP contribution in [-0.2, 0) is 14.8 Å². The molecule has 0 unspecified atom stereocenters. The number of nitrogens with zero attached hydrogens (tertiary/aromatic N) is 3. The van der Waals surface area contributed by atoms with Crippen molar-refractivity contribution in [3.63, 3.8) is 0 Å². The van der Waals surface area contributed by atoms with E-state index in [2.05, 4.69) is 9.71 Å². The molecule has 0 saturated carbocycles. The van der Waals surface area contributed by atoms with Gasteiger partial charge in [-0.25, -0.2) is 18.4 Å². The molecule has 1 saturated heterocycles. The topological polar surface area (TPSA) is 84.4 Å². The zero-order chi connectivity index (χ0) is 20.6. The van der Waals surface area contributed by atoms with Crippen LogP contribution in [0.3, 0.4) is 0 Å². The lowest BCUT2D eigenvalue weighted by molar-refractivity contribution is -0.00540. The molecule has 0 aliphatic carbocycles. The molecule has 1 aliphatic heterocycles. The van der Waals surface area contributed by atoms with Gasteiger partial charge in [0.2, 0.25) is 0 Å². The van der Waals surface area contributed by atoms with E-state index >= 15 is 0 Å². The molecule has 2 aromatic carbocycles. The first kappa shape index (κ1) is 19.6. The third kappa shape index (κ3) is 4.18. The molecular weight excluding hydrogens is 388 g/mol. The fourth-order valence-electron chi connectivity index (χ4n) is 3.53. The summed E-state index contributed by atoms with van der Waals surface area (Å²) < 4.78 is 34.5. The molecule has 4 rings (SSSR count). The van der Waals surface area contributed by atoms with Gasteiger partial charge in [0.15, 0.2) is 11.6 Å². The maximum Gasteiger partial charge on any atom is 0.263 e. The Labute approximate surface area is 170 Å². The van der Waals surface area contributed by atoms with E-state index < -0.39 is 10.0 Å². The van der Waals surface area contributed by atoms with Crippen LogP contribution in [0, 0.1) is 6.92 Å². The normalized spacial score (nSPS) is 20.0. The van der Waals surface area contributed by atoms with Crippen LogP contribution in [0.1, 0.15) is 19.4 Å². The van der Waals surface area contributed by atoms with Gasteiger partial charge in [-0.15, -0.1) is 0 Å². The standard InChI is InChI=1S/C21H24N4O3S/c1-14-8-10-17(11-9-14)29(26,27)24-20-21(25-12-15(2)28-16(3)13-25)23-19-7-5-4-6-18(19)22-20/h4-11,15-16H,12-13H2,1-3H3,(H,22,24)/t15-,16-/m0/s1. The van der Waals surface area contributed by atoms with Gasteiger partial charge in [0.25, 0.3) is 10.0 Å². The number of hydrogen-bond acceptors (Lipinski definition) is 6. The number of nitrogens with one attached hydrogen (secondary N) is 1. The summed E-state index contributed by atoms with van der Waals surface area (Å²) in [5.41, 5.74) is 2.34. The minimum Gasteiger partial charge on any atom is -0.372 e. The molecule has 2 atom stereocenters. The van der Waals surface area contributed by atoms with Gasteiger partial charge in [-0.05, 0) is 45.0 Å². The van der Waals surface area contributed by atoms with Crippen molar-refractivity contribution in [3.8, 4) is 0 Å². The molecule has 1 N–H and O–H groups in total. The highest BCUT2D eigenvalue weighted by molar-refractivity contribution is 7.92. The van der Waals surface area contributed by atoms with Crippen molar-refractivity contribution in [2.45, 2.75) is 37.9 Å². The first-order valence-corrected chi connectivity index (χ1v) is 11.1. The van der Waals surface area contributed by atoms with E-state index in [4.69, 9.17) is 9.72 Å². The number of fused-ring (bicyclic) bond motifs is 1. The van der Waals surface area contributed by atoms with Crippen LogP contribution in [-0.4, -0.2) is 43.7 Å². The molecule has 8 heteroatoms. The number of rotatable bonds is 4. The zero-order valence-electron chi connectivity index (χ0n) is 16.7. The van der Waals surface area contributed by atoms with Gasteiger partial charge < -0.3 is 9.64 Å². The number of sulfonamides is 1. The largest absolute Gasteiger partial charge is 0.372 e. The van der Waals surface area contributed by atoms with E-state index in [0.29, 0.717) is 29.9 Å². The number of aryl methyl sites for hydroxylation is 1. The fraction of sp³-hybridized carbons (Fsp3) is 0.333. The smallest absolute Gasteiger partial charge is 0.263 e. The highest BCUT2D eigenvalue weighted by Gasteiger charge is 2.28. The van der Waals surface area contributed by atoms with Crippen molar-refractivity contribution in [2.75, 3.05) is 22.7 Å². The van der Waals surface area contributed by atoms with Crippen molar-refractivity contribution >= 4 is 32.7 Å². The van der Waals surface area contributed by atoms with E-state index in [1.54, 1.807) is 24.3 Å². The highest BCUT2D eigenvalue weighted by atomic mass is 32.2. The minimum absolute atomic E-state index is 0.00794. The Morgan fingerprint density at radius 1 is 0.966 bits per heavy atom. The van der Waals surface area contributed by atoms with Crippen LogP contribution in [0.15, 0.2) is 53.4 Å². The summed E-state index contributed by atoms with van der Waals surface area (Å²) in [5.74, 6) is 0.743. The van der Waals surface area contributed by atoms with Gasteiger partial charge in [0, 0.05) is 13.1 Å². The average molecular weight is 413 g/mol. The number of para-hydroxylation sites is 2. The first-order valence-electron chi connectivity index (χ1n) is 9.58. The molecule has 0 amide bonds. The third-order valence-corrected chi connectivity index (χ3v) is 6.19. The molecule has 7 nitrogen and oxygen atoms in total. The summed E-state index contributed by atoms with van der Waals surface area (Å²) in [5, 5.41) is 0. The zero-order valence-corrected chi connectivity index (χ0v) is 17.5. The van der Waals surface area contributed by atoms with E-state index in [9.17, 15) is 8.42 Å². The quantitative estimate of drug-likeness (QED) is 0.707. The second-order valence-corrected chi connectivity index (χ2v) is 9.15. The Bertz CT molecular complexity index is 1120. The number of benzene rings is 2. The van der Waals surface area contributed by atoms with Crippen molar-refractivity contribution in [1.82, 2.24) is 9.97 Å². The van der Waals surface area contributed by atoms with Crippen LogP contribution in [0.4, 0.5) is 11.6 Å². The molecule has 0 radical (unpaired) electrons. The fourth-order valence-corrected chi connectivity index (χ4v) is 4.54. The van der Waals surface area contributed by atoms with Crippen molar-refractivity contribution in [2.24, 2.45) is 0 Å². The van der Waals surface area contributed by atoms with E-state index in [1.165, 1.54) is 0 Å². The van der Waals surface area contributed by atoms with E-state index in [1.807, 2.05) is 49.9 Å². The Morgan fingerprint density at radius 3 is 2.17 bits per heavy atom. The molecule has 0 bridgehead atoms. The lowest BCUT2D eigenvalue weighted by Gasteiger charge is -2.36.